The van der Waals surface area contributed by atoms with Gasteiger partial charge in [0.2, 0.25) is 0 Å². The second-order valence-electron chi connectivity index (χ2n) is 6.55. The first-order valence-corrected chi connectivity index (χ1v) is 8.81. The third-order valence-electron chi connectivity index (χ3n) is 4.46. The molecule has 0 bridgehead atoms. The summed E-state index contributed by atoms with van der Waals surface area (Å²) in [5, 5.41) is 3.81. The van der Waals surface area contributed by atoms with E-state index in [0.717, 1.165) is 34.8 Å². The summed E-state index contributed by atoms with van der Waals surface area (Å²) >= 11 is 0. The van der Waals surface area contributed by atoms with Gasteiger partial charge in [0, 0.05) is 18.0 Å². The Labute approximate surface area is 172 Å². The second kappa shape index (κ2) is 7.47. The molecule has 0 aliphatic carbocycles. The molecule has 156 valence electrons. The first-order chi connectivity index (χ1) is 14.6. The minimum atomic E-state index is -4.74. The molecule has 1 aromatic carbocycles. The van der Waals surface area contributed by atoms with Crippen LogP contribution in [0.5, 0.6) is 0 Å². The minimum absolute atomic E-state index is 0.0844. The second-order valence-corrected chi connectivity index (χ2v) is 6.55. The molecule has 0 saturated carbocycles. The van der Waals surface area contributed by atoms with E-state index >= 15 is 0 Å². The average Bonchev–Trinajstić information content (AvgIpc) is 3.14. The fourth-order valence-corrected chi connectivity index (χ4v) is 2.98. The monoisotopic (exact) mass is 431 g/mol. The number of alkyl halides is 6. The maximum absolute atomic E-state index is 13.6. The van der Waals surface area contributed by atoms with Gasteiger partial charge in [-0.05, 0) is 47.5 Å². The molecule has 0 aliphatic heterocycles. The molecular formula is C22H11F6N3. The van der Waals surface area contributed by atoms with Gasteiger partial charge in [0.1, 0.15) is 5.69 Å². The quantitative estimate of drug-likeness (QED) is 0.280. The van der Waals surface area contributed by atoms with Crippen LogP contribution in [0.25, 0.3) is 16.6 Å². The summed E-state index contributed by atoms with van der Waals surface area (Å²) in [5.74, 6) is 5.59. The molecule has 0 fully saturated rings. The Morgan fingerprint density at radius 2 is 1.52 bits per heavy atom. The molecule has 0 radical (unpaired) electrons. The van der Waals surface area contributed by atoms with Gasteiger partial charge in [-0.3, -0.25) is 4.98 Å². The third kappa shape index (κ3) is 4.23. The first-order valence-electron chi connectivity index (χ1n) is 8.81. The molecule has 0 atom stereocenters. The van der Waals surface area contributed by atoms with Crippen LogP contribution in [-0.2, 0) is 12.4 Å². The van der Waals surface area contributed by atoms with Gasteiger partial charge in [-0.2, -0.15) is 31.4 Å². The zero-order valence-electron chi connectivity index (χ0n) is 15.5. The fraction of sp³-hybridized carbons (Fsp3) is 0.0909. The van der Waals surface area contributed by atoms with E-state index in [1.54, 1.807) is 18.3 Å². The van der Waals surface area contributed by atoms with Crippen molar-refractivity contribution in [1.82, 2.24) is 14.6 Å². The lowest BCUT2D eigenvalue weighted by Crippen LogP contribution is -2.12. The van der Waals surface area contributed by atoms with Crippen LogP contribution in [-0.4, -0.2) is 14.6 Å². The SMILES string of the molecule is FC(F)(F)c1ccc(-c2cc(C(F)(F)F)n3ncc(C#Cc4cccnc4)c3c2)cc1. The Balaban J connectivity index is 1.86. The number of fused-ring (bicyclic) bond motifs is 1. The number of hydrogen-bond acceptors (Lipinski definition) is 2. The maximum atomic E-state index is 13.6. The molecule has 3 nitrogen and oxygen atoms in total. The molecule has 0 aliphatic rings. The summed E-state index contributed by atoms with van der Waals surface area (Å²) in [7, 11) is 0. The number of benzene rings is 1. The highest BCUT2D eigenvalue weighted by Gasteiger charge is 2.35. The van der Waals surface area contributed by atoms with E-state index in [9.17, 15) is 26.3 Å². The summed E-state index contributed by atoms with van der Waals surface area (Å²) in [6.07, 6.45) is -5.00. The molecule has 0 saturated heterocycles. The zero-order chi connectivity index (χ0) is 22.2. The normalized spacial score (nSPS) is 11.9. The van der Waals surface area contributed by atoms with Gasteiger partial charge < -0.3 is 0 Å². The first kappa shape index (κ1) is 20.5. The molecule has 0 N–H and O–H groups in total. The number of hydrogen-bond donors (Lipinski definition) is 0. The van der Waals surface area contributed by atoms with Crippen LogP contribution in [0.2, 0.25) is 0 Å². The van der Waals surface area contributed by atoms with E-state index in [0.29, 0.717) is 5.56 Å². The number of pyridine rings is 2. The molecule has 4 aromatic rings. The van der Waals surface area contributed by atoms with E-state index in [1.165, 1.54) is 18.5 Å². The van der Waals surface area contributed by atoms with E-state index in [1.807, 2.05) is 0 Å². The largest absolute Gasteiger partial charge is 0.433 e. The van der Waals surface area contributed by atoms with Crippen molar-refractivity contribution in [2.45, 2.75) is 12.4 Å². The van der Waals surface area contributed by atoms with Crippen molar-refractivity contribution in [1.29, 1.82) is 0 Å². The van der Waals surface area contributed by atoms with Crippen molar-refractivity contribution >= 4 is 5.52 Å². The van der Waals surface area contributed by atoms with Gasteiger partial charge in [-0.15, -0.1) is 0 Å². The number of rotatable bonds is 1. The van der Waals surface area contributed by atoms with Crippen molar-refractivity contribution in [2.24, 2.45) is 0 Å². The van der Waals surface area contributed by atoms with Crippen LogP contribution in [0.1, 0.15) is 22.4 Å². The summed E-state index contributed by atoms with van der Waals surface area (Å²) in [4.78, 5) is 3.92. The molecule has 0 amide bonds. The standard InChI is InChI=1S/C22H11F6N3/c23-21(24,25)18-7-5-15(6-8-18)17-10-19-16(4-3-14-2-1-9-29-12-14)13-30-31(19)20(11-17)22(26,27)28/h1-2,5-13H. The van der Waals surface area contributed by atoms with Crippen molar-refractivity contribution < 1.29 is 26.3 Å². The molecule has 9 heteroatoms. The maximum Gasteiger partial charge on any atom is 0.433 e. The van der Waals surface area contributed by atoms with Gasteiger partial charge in [0.15, 0.2) is 0 Å². The molecule has 0 unspecified atom stereocenters. The highest BCUT2D eigenvalue weighted by atomic mass is 19.4. The van der Waals surface area contributed by atoms with Gasteiger partial charge >= 0.3 is 12.4 Å². The Bertz CT molecular complexity index is 1290. The smallest absolute Gasteiger partial charge is 0.263 e. The molecule has 31 heavy (non-hydrogen) atoms. The molecular weight excluding hydrogens is 420 g/mol. The van der Waals surface area contributed by atoms with Crippen molar-refractivity contribution in [3.8, 4) is 23.0 Å². The average molecular weight is 431 g/mol. The van der Waals surface area contributed by atoms with Crippen LogP contribution in [0, 0.1) is 11.8 Å². The Morgan fingerprint density at radius 3 is 2.13 bits per heavy atom. The Kier molecular flexibility index (Phi) is 4.93. The van der Waals surface area contributed by atoms with Crippen LogP contribution in [0.15, 0.2) is 67.1 Å². The highest BCUT2D eigenvalue weighted by molar-refractivity contribution is 5.74. The van der Waals surface area contributed by atoms with E-state index < -0.39 is 23.6 Å². The third-order valence-corrected chi connectivity index (χ3v) is 4.46. The van der Waals surface area contributed by atoms with Crippen LogP contribution < -0.4 is 0 Å². The summed E-state index contributed by atoms with van der Waals surface area (Å²) < 4.78 is 80.1. The fourth-order valence-electron chi connectivity index (χ4n) is 2.98. The van der Waals surface area contributed by atoms with Crippen LogP contribution >= 0.6 is 0 Å². The predicted octanol–water partition coefficient (Wildman–Crippen LogP) is 5.83. The number of halogens is 6. The van der Waals surface area contributed by atoms with Crippen molar-refractivity contribution in [2.75, 3.05) is 0 Å². The summed E-state index contributed by atoms with van der Waals surface area (Å²) in [6.45, 7) is 0. The lowest BCUT2D eigenvalue weighted by Gasteiger charge is -2.13. The Hall–Kier alpha value is -3.80. The predicted molar refractivity (Wildman–Crippen MR) is 101 cm³/mol. The van der Waals surface area contributed by atoms with E-state index in [4.69, 9.17) is 0 Å². The lowest BCUT2D eigenvalue weighted by molar-refractivity contribution is -0.142. The minimum Gasteiger partial charge on any atom is -0.263 e. The highest BCUT2D eigenvalue weighted by Crippen LogP contribution is 2.35. The molecule has 3 heterocycles. The van der Waals surface area contributed by atoms with Crippen LogP contribution in [0.4, 0.5) is 26.3 Å². The molecule has 3 aromatic heterocycles. The van der Waals surface area contributed by atoms with Crippen molar-refractivity contribution in [3.05, 3.63) is 89.5 Å². The summed E-state index contributed by atoms with van der Waals surface area (Å²) in [5.41, 5.74) is -0.761. The van der Waals surface area contributed by atoms with E-state index in [2.05, 4.69) is 21.9 Å². The zero-order valence-corrected chi connectivity index (χ0v) is 15.5. The topological polar surface area (TPSA) is 30.2 Å². The van der Waals surface area contributed by atoms with Gasteiger partial charge in [-0.1, -0.05) is 24.0 Å². The number of nitrogens with zero attached hydrogens (tertiary/aromatic N) is 3. The van der Waals surface area contributed by atoms with Crippen LogP contribution in [0.3, 0.4) is 0 Å². The van der Waals surface area contributed by atoms with Gasteiger partial charge in [0.25, 0.3) is 0 Å². The Morgan fingerprint density at radius 1 is 0.774 bits per heavy atom. The summed E-state index contributed by atoms with van der Waals surface area (Å²) in [6, 6.07) is 9.54. The van der Waals surface area contributed by atoms with Crippen molar-refractivity contribution in [3.63, 3.8) is 0 Å². The lowest BCUT2D eigenvalue weighted by atomic mass is 10.0. The number of aromatic nitrogens is 3. The van der Waals surface area contributed by atoms with E-state index in [-0.39, 0.29) is 22.2 Å². The molecule has 4 rings (SSSR count). The molecule has 0 spiro atoms. The van der Waals surface area contributed by atoms with Gasteiger partial charge in [0.05, 0.1) is 22.8 Å². The van der Waals surface area contributed by atoms with Gasteiger partial charge in [-0.25, -0.2) is 4.52 Å².